The molecule has 0 aliphatic rings. The number of hydrogen-bond donors (Lipinski definition) is 2. The van der Waals surface area contributed by atoms with E-state index in [4.69, 9.17) is 0 Å². The van der Waals surface area contributed by atoms with Gasteiger partial charge in [0, 0.05) is 47.2 Å². The SMILES string of the molecule is Cc1c(=O)n(Cc2ccccc2)c(=O)n2cc(C(=O)NCc3ccc4[nH]ccc4c3)sc12.Cc1c(=O)n(Cc2ccccc2)c(=O)n2ccsc12. The van der Waals surface area contributed by atoms with E-state index in [9.17, 15) is 24.0 Å². The fourth-order valence-corrected chi connectivity index (χ4v) is 7.70. The van der Waals surface area contributed by atoms with E-state index in [1.807, 2.05) is 96.5 Å². The van der Waals surface area contributed by atoms with Crippen LogP contribution in [0.2, 0.25) is 0 Å². The van der Waals surface area contributed by atoms with E-state index < -0.39 is 5.69 Å². The molecular weight excluding hydrogens is 685 g/mol. The standard InChI is InChI=1S/C24H20N4O3S.C14H12N2O2S/c1-15-22(30)27(13-16-5-3-2-4-6-16)24(31)28-14-20(32-23(15)28)21(29)26-12-17-7-8-19-18(11-17)9-10-25-19;1-10-12(17)16(9-11-5-3-2-4-6-11)14(18)15-7-8-19-13(10)15/h2-11,14,25H,12-13H2,1H3,(H,26,29);2-8H,9H2,1H3. The number of H-pyrrole nitrogens is 1. The van der Waals surface area contributed by atoms with Crippen LogP contribution < -0.4 is 27.8 Å². The summed E-state index contributed by atoms with van der Waals surface area (Å²) in [7, 11) is 0. The number of carbonyl (C=O) groups excluding carboxylic acids is 1. The first-order chi connectivity index (χ1) is 24.7. The molecule has 5 heterocycles. The molecule has 0 atom stereocenters. The summed E-state index contributed by atoms with van der Waals surface area (Å²) in [6, 6.07) is 26.8. The van der Waals surface area contributed by atoms with Crippen LogP contribution in [0, 0.1) is 13.8 Å². The summed E-state index contributed by atoms with van der Waals surface area (Å²) in [5.74, 6) is -0.284. The lowest BCUT2D eigenvalue weighted by atomic mass is 10.1. The molecule has 0 aliphatic heterocycles. The molecule has 0 saturated heterocycles. The second-order valence-electron chi connectivity index (χ2n) is 12.0. The zero-order chi connectivity index (χ0) is 35.6. The minimum Gasteiger partial charge on any atom is -0.361 e. The number of hydrogen-bond acceptors (Lipinski definition) is 7. The first kappa shape index (κ1) is 33.4. The first-order valence-electron chi connectivity index (χ1n) is 16.1. The molecule has 8 aromatic rings. The van der Waals surface area contributed by atoms with Gasteiger partial charge >= 0.3 is 11.4 Å². The fourth-order valence-electron chi connectivity index (χ4n) is 5.87. The monoisotopic (exact) mass is 716 g/mol. The molecule has 0 fully saturated rings. The molecule has 5 aromatic heterocycles. The van der Waals surface area contributed by atoms with Gasteiger partial charge in [0.1, 0.15) is 14.5 Å². The van der Waals surface area contributed by atoms with Crippen LogP contribution in [0.15, 0.2) is 128 Å². The lowest BCUT2D eigenvalue weighted by Gasteiger charge is -2.07. The van der Waals surface area contributed by atoms with Gasteiger partial charge in [-0.05, 0) is 54.1 Å². The Morgan fingerprint density at radius 3 is 1.98 bits per heavy atom. The van der Waals surface area contributed by atoms with E-state index in [1.165, 1.54) is 35.5 Å². The summed E-state index contributed by atoms with van der Waals surface area (Å²) in [4.78, 5) is 67.9. The maximum Gasteiger partial charge on any atom is 0.336 e. The highest BCUT2D eigenvalue weighted by Crippen LogP contribution is 2.19. The van der Waals surface area contributed by atoms with E-state index in [0.29, 0.717) is 33.9 Å². The Morgan fingerprint density at radius 2 is 1.33 bits per heavy atom. The number of fused-ring (bicyclic) bond motifs is 3. The average molecular weight is 717 g/mol. The molecule has 0 unspecified atom stereocenters. The van der Waals surface area contributed by atoms with Gasteiger partial charge in [-0.2, -0.15) is 0 Å². The molecule has 256 valence electrons. The van der Waals surface area contributed by atoms with Gasteiger partial charge in [-0.1, -0.05) is 66.7 Å². The van der Waals surface area contributed by atoms with E-state index in [1.54, 1.807) is 20.0 Å². The Kier molecular flexibility index (Phi) is 9.22. The Labute approximate surface area is 298 Å². The smallest absolute Gasteiger partial charge is 0.336 e. The number of carbonyl (C=O) groups is 1. The zero-order valence-electron chi connectivity index (χ0n) is 27.7. The summed E-state index contributed by atoms with van der Waals surface area (Å²) in [5, 5.41) is 5.79. The maximum atomic E-state index is 13.0. The van der Waals surface area contributed by atoms with E-state index in [0.717, 1.165) is 43.8 Å². The highest BCUT2D eigenvalue weighted by molar-refractivity contribution is 7.19. The summed E-state index contributed by atoms with van der Waals surface area (Å²) in [5.41, 5.74) is 3.59. The molecule has 0 saturated carbocycles. The third kappa shape index (κ3) is 6.64. The van der Waals surface area contributed by atoms with Crippen molar-refractivity contribution in [1.82, 2.24) is 28.2 Å². The quantitative estimate of drug-likeness (QED) is 0.235. The summed E-state index contributed by atoms with van der Waals surface area (Å²) < 4.78 is 5.41. The Morgan fingerprint density at radius 1 is 0.725 bits per heavy atom. The van der Waals surface area contributed by atoms with Crippen LogP contribution in [0.5, 0.6) is 0 Å². The van der Waals surface area contributed by atoms with Crippen molar-refractivity contribution in [3.63, 3.8) is 0 Å². The second-order valence-corrected chi connectivity index (χ2v) is 13.9. The van der Waals surface area contributed by atoms with Crippen LogP contribution in [-0.4, -0.2) is 28.8 Å². The van der Waals surface area contributed by atoms with E-state index >= 15 is 0 Å². The van der Waals surface area contributed by atoms with Gasteiger partial charge in [0.2, 0.25) is 0 Å². The molecule has 0 radical (unpaired) electrons. The molecular formula is C38H32N6O5S2. The van der Waals surface area contributed by atoms with Crippen molar-refractivity contribution < 1.29 is 4.79 Å². The lowest BCUT2D eigenvalue weighted by molar-refractivity contribution is 0.0954. The number of aromatic nitrogens is 5. The summed E-state index contributed by atoms with van der Waals surface area (Å²) in [6.07, 6.45) is 5.09. The number of aryl methyl sites for hydroxylation is 2. The largest absolute Gasteiger partial charge is 0.361 e. The van der Waals surface area contributed by atoms with Crippen molar-refractivity contribution in [3.8, 4) is 0 Å². The minimum atomic E-state index is -0.451. The number of aromatic amines is 1. The fraction of sp³-hybridized carbons (Fsp3) is 0.132. The predicted octanol–water partition coefficient (Wildman–Crippen LogP) is 5.17. The summed E-state index contributed by atoms with van der Waals surface area (Å²) >= 11 is 2.55. The van der Waals surface area contributed by atoms with Gasteiger partial charge in [0.05, 0.1) is 13.1 Å². The number of nitrogens with one attached hydrogen (secondary N) is 2. The third-order valence-electron chi connectivity index (χ3n) is 8.59. The normalized spacial score (nSPS) is 11.2. The molecule has 51 heavy (non-hydrogen) atoms. The number of rotatable bonds is 7. The van der Waals surface area contributed by atoms with E-state index in [-0.39, 0.29) is 29.3 Å². The number of thiazole rings is 2. The first-order valence-corrected chi connectivity index (χ1v) is 17.8. The Hall–Kier alpha value is -6.05. The number of amides is 1. The number of benzene rings is 3. The molecule has 0 aliphatic carbocycles. The van der Waals surface area contributed by atoms with Crippen molar-refractivity contribution in [2.75, 3.05) is 0 Å². The molecule has 3 aromatic carbocycles. The molecule has 13 heteroatoms. The van der Waals surface area contributed by atoms with Gasteiger partial charge in [-0.3, -0.25) is 32.3 Å². The number of nitrogens with zero attached hydrogens (tertiary/aromatic N) is 4. The van der Waals surface area contributed by atoms with Crippen molar-refractivity contribution >= 4 is 49.1 Å². The van der Waals surface area contributed by atoms with Crippen LogP contribution >= 0.6 is 22.7 Å². The zero-order valence-corrected chi connectivity index (χ0v) is 29.3. The van der Waals surface area contributed by atoms with Crippen molar-refractivity contribution in [2.45, 2.75) is 33.5 Å². The minimum absolute atomic E-state index is 0.182. The molecule has 1 amide bonds. The summed E-state index contributed by atoms with van der Waals surface area (Å²) in [6.45, 7) is 4.29. The van der Waals surface area contributed by atoms with Crippen LogP contribution in [0.1, 0.15) is 37.5 Å². The van der Waals surface area contributed by atoms with Crippen molar-refractivity contribution in [3.05, 3.63) is 183 Å². The third-order valence-corrected chi connectivity index (χ3v) is 10.8. The van der Waals surface area contributed by atoms with Gasteiger partial charge < -0.3 is 10.3 Å². The molecule has 11 nitrogen and oxygen atoms in total. The van der Waals surface area contributed by atoms with Gasteiger partial charge in [0.25, 0.3) is 17.0 Å². The van der Waals surface area contributed by atoms with Crippen LogP contribution in [0.3, 0.4) is 0 Å². The van der Waals surface area contributed by atoms with Crippen molar-refractivity contribution in [1.29, 1.82) is 0 Å². The Bertz CT molecular complexity index is 2790. The maximum absolute atomic E-state index is 13.0. The van der Waals surface area contributed by atoms with Crippen LogP contribution in [-0.2, 0) is 19.6 Å². The van der Waals surface area contributed by atoms with E-state index in [2.05, 4.69) is 10.3 Å². The van der Waals surface area contributed by atoms with Crippen molar-refractivity contribution in [2.24, 2.45) is 0 Å². The van der Waals surface area contributed by atoms with Gasteiger partial charge in [0.15, 0.2) is 0 Å². The van der Waals surface area contributed by atoms with Crippen LogP contribution in [0.25, 0.3) is 20.6 Å². The highest BCUT2D eigenvalue weighted by atomic mass is 32.1. The highest BCUT2D eigenvalue weighted by Gasteiger charge is 2.18. The molecule has 2 N–H and O–H groups in total. The lowest BCUT2D eigenvalue weighted by Crippen LogP contribution is -2.38. The van der Waals surface area contributed by atoms with Gasteiger partial charge in [-0.25, -0.2) is 9.59 Å². The average Bonchev–Trinajstić information content (AvgIpc) is 3.94. The second kappa shape index (κ2) is 14.1. The molecule has 0 bridgehead atoms. The van der Waals surface area contributed by atoms with Crippen LogP contribution in [0.4, 0.5) is 0 Å². The predicted molar refractivity (Wildman–Crippen MR) is 202 cm³/mol. The van der Waals surface area contributed by atoms with Gasteiger partial charge in [-0.15, -0.1) is 22.7 Å². The Balaban J connectivity index is 0.000000182. The topological polar surface area (TPSA) is 132 Å². The molecule has 0 spiro atoms. The molecule has 8 rings (SSSR count).